The van der Waals surface area contributed by atoms with E-state index in [0.717, 1.165) is 55.6 Å². The molecule has 1 saturated heterocycles. The molecule has 0 spiro atoms. The first kappa shape index (κ1) is 13.8. The van der Waals surface area contributed by atoms with E-state index in [-0.39, 0.29) is 0 Å². The second kappa shape index (κ2) is 6.10. The van der Waals surface area contributed by atoms with Crippen molar-refractivity contribution in [2.24, 2.45) is 9.98 Å². The number of benzene rings is 1. The predicted molar refractivity (Wildman–Crippen MR) is 86.4 cm³/mol. The highest BCUT2D eigenvalue weighted by atomic mass is 16.5. The van der Waals surface area contributed by atoms with Crippen molar-refractivity contribution in [3.05, 3.63) is 35.4 Å². The molecule has 2 N–H and O–H groups in total. The number of allylic oxidation sites excluding steroid dienone is 1. The second-order valence-electron chi connectivity index (χ2n) is 5.28. The van der Waals surface area contributed by atoms with Gasteiger partial charge in [-0.2, -0.15) is 0 Å². The van der Waals surface area contributed by atoms with Crippen molar-refractivity contribution in [2.75, 3.05) is 32.0 Å². The van der Waals surface area contributed by atoms with Crippen LogP contribution in [0.25, 0.3) is 5.70 Å². The summed E-state index contributed by atoms with van der Waals surface area (Å²) in [7, 11) is 0. The van der Waals surface area contributed by atoms with Gasteiger partial charge in [0.15, 0.2) is 0 Å². The first-order valence-electron chi connectivity index (χ1n) is 7.23. The van der Waals surface area contributed by atoms with Crippen LogP contribution < -0.4 is 5.73 Å². The van der Waals surface area contributed by atoms with Crippen LogP contribution in [0.15, 0.2) is 39.8 Å². The smallest absolute Gasteiger partial charge is 0.225 e. The zero-order valence-electron chi connectivity index (χ0n) is 12.2. The van der Waals surface area contributed by atoms with Crippen molar-refractivity contribution >= 4 is 23.6 Å². The number of guanidine groups is 1. The third-order valence-corrected chi connectivity index (χ3v) is 3.70. The highest BCUT2D eigenvalue weighted by molar-refractivity contribution is 5.95. The van der Waals surface area contributed by atoms with Crippen molar-refractivity contribution in [1.82, 2.24) is 4.90 Å². The molecule has 0 saturated carbocycles. The van der Waals surface area contributed by atoms with E-state index in [0.29, 0.717) is 0 Å². The van der Waals surface area contributed by atoms with Gasteiger partial charge in [-0.3, -0.25) is 0 Å². The van der Waals surface area contributed by atoms with Crippen LogP contribution in [0.5, 0.6) is 0 Å². The van der Waals surface area contributed by atoms with Crippen LogP contribution in [-0.4, -0.2) is 43.4 Å². The van der Waals surface area contributed by atoms with Gasteiger partial charge in [0, 0.05) is 37.0 Å². The molecule has 0 amide bonds. The van der Waals surface area contributed by atoms with E-state index in [1.165, 1.54) is 5.57 Å². The Bertz CT molecular complexity index is 595. The van der Waals surface area contributed by atoms with Gasteiger partial charge in [0.1, 0.15) is 0 Å². The summed E-state index contributed by atoms with van der Waals surface area (Å²) >= 11 is 0. The quantitative estimate of drug-likeness (QED) is 0.804. The molecule has 2 heterocycles. The number of hydrogen-bond acceptors (Lipinski definition) is 5. The summed E-state index contributed by atoms with van der Waals surface area (Å²) in [4.78, 5) is 11.5. The van der Waals surface area contributed by atoms with Crippen molar-refractivity contribution in [3.8, 4) is 0 Å². The molecule has 1 fully saturated rings. The van der Waals surface area contributed by atoms with Crippen LogP contribution in [0.1, 0.15) is 18.9 Å². The topological polar surface area (TPSA) is 63.2 Å². The monoisotopic (exact) mass is 284 g/mol. The molecule has 1 aromatic rings. The lowest BCUT2D eigenvalue weighted by Gasteiger charge is -2.27. The summed E-state index contributed by atoms with van der Waals surface area (Å²) in [5.41, 5.74) is 9.82. The largest absolute Gasteiger partial charge is 0.399 e. The molecular weight excluding hydrogens is 264 g/mol. The van der Waals surface area contributed by atoms with E-state index in [9.17, 15) is 0 Å². The highest BCUT2D eigenvalue weighted by Crippen LogP contribution is 2.25. The summed E-state index contributed by atoms with van der Waals surface area (Å²) in [6.07, 6.45) is 2.75. The molecule has 2 aliphatic rings. The maximum atomic E-state index is 5.77. The Labute approximate surface area is 124 Å². The third-order valence-electron chi connectivity index (χ3n) is 3.70. The van der Waals surface area contributed by atoms with E-state index < -0.39 is 0 Å². The Morgan fingerprint density at radius 3 is 2.57 bits per heavy atom. The molecule has 110 valence electrons. The standard InChI is InChI=1S/C16H20N4O/c1-12-6-7-18-16(20-8-10-21-11-9-20)19-15(12)13-2-4-14(17)5-3-13/h2-5,7H,6,8-11,17H2,1H3. The van der Waals surface area contributed by atoms with Crippen molar-refractivity contribution in [1.29, 1.82) is 0 Å². The Hall–Kier alpha value is -2.14. The molecule has 0 bridgehead atoms. The number of morpholine rings is 1. The molecular formula is C16H20N4O. The van der Waals surface area contributed by atoms with Gasteiger partial charge < -0.3 is 15.4 Å². The number of aliphatic imine (C=N–C) groups is 2. The summed E-state index contributed by atoms with van der Waals surface area (Å²) in [6.45, 7) is 5.24. The van der Waals surface area contributed by atoms with Crippen molar-refractivity contribution in [2.45, 2.75) is 13.3 Å². The predicted octanol–water partition coefficient (Wildman–Crippen LogP) is 2.16. The molecule has 0 unspecified atom stereocenters. The van der Waals surface area contributed by atoms with Gasteiger partial charge in [0.25, 0.3) is 0 Å². The Kier molecular flexibility index (Phi) is 4.01. The minimum Gasteiger partial charge on any atom is -0.399 e. The molecule has 5 nitrogen and oxygen atoms in total. The van der Waals surface area contributed by atoms with Gasteiger partial charge >= 0.3 is 0 Å². The Morgan fingerprint density at radius 2 is 1.86 bits per heavy atom. The van der Waals surface area contributed by atoms with Crippen LogP contribution in [-0.2, 0) is 4.74 Å². The van der Waals surface area contributed by atoms with Gasteiger partial charge in [-0.15, -0.1) is 0 Å². The molecule has 0 aromatic heterocycles. The molecule has 21 heavy (non-hydrogen) atoms. The van der Waals surface area contributed by atoms with Gasteiger partial charge in [0.05, 0.1) is 18.9 Å². The van der Waals surface area contributed by atoms with Crippen LogP contribution in [0.4, 0.5) is 5.69 Å². The lowest BCUT2D eigenvalue weighted by atomic mass is 10.1. The highest BCUT2D eigenvalue weighted by Gasteiger charge is 2.17. The van der Waals surface area contributed by atoms with Crippen LogP contribution in [0.3, 0.4) is 0 Å². The average Bonchev–Trinajstić information content (AvgIpc) is 2.71. The van der Waals surface area contributed by atoms with Crippen molar-refractivity contribution in [3.63, 3.8) is 0 Å². The maximum absolute atomic E-state index is 5.77. The number of rotatable bonds is 1. The molecule has 5 heteroatoms. The zero-order valence-corrected chi connectivity index (χ0v) is 12.2. The molecule has 3 rings (SSSR count). The van der Waals surface area contributed by atoms with E-state index in [2.05, 4.69) is 16.8 Å². The first-order valence-corrected chi connectivity index (χ1v) is 7.23. The van der Waals surface area contributed by atoms with Gasteiger partial charge in [-0.25, -0.2) is 9.98 Å². The van der Waals surface area contributed by atoms with Crippen LogP contribution >= 0.6 is 0 Å². The number of hydrogen-bond donors (Lipinski definition) is 1. The minimum atomic E-state index is 0.731. The number of nitrogens with zero attached hydrogens (tertiary/aromatic N) is 3. The summed E-state index contributed by atoms with van der Waals surface area (Å²) in [5.74, 6) is 0.780. The maximum Gasteiger partial charge on any atom is 0.225 e. The number of ether oxygens (including phenoxy) is 1. The Balaban J connectivity index is 1.94. The normalized spacial score (nSPS) is 19.5. The SMILES string of the molecule is CC1=C(c2ccc(N)cc2)N=C(N2CCOCC2)N=CC1. The van der Waals surface area contributed by atoms with E-state index in [1.807, 2.05) is 30.5 Å². The lowest BCUT2D eigenvalue weighted by molar-refractivity contribution is 0.0676. The molecule has 0 radical (unpaired) electrons. The summed E-state index contributed by atoms with van der Waals surface area (Å²) in [6, 6.07) is 7.84. The Morgan fingerprint density at radius 1 is 1.14 bits per heavy atom. The molecule has 1 aromatic carbocycles. The zero-order chi connectivity index (χ0) is 14.7. The van der Waals surface area contributed by atoms with Gasteiger partial charge in [-0.1, -0.05) is 12.1 Å². The molecule has 0 aliphatic carbocycles. The number of nitrogens with two attached hydrogens (primary N) is 1. The van der Waals surface area contributed by atoms with Crippen LogP contribution in [0.2, 0.25) is 0 Å². The lowest BCUT2D eigenvalue weighted by Crippen LogP contribution is -2.40. The molecule has 2 aliphatic heterocycles. The van der Waals surface area contributed by atoms with E-state index >= 15 is 0 Å². The fraction of sp³-hybridized carbons (Fsp3) is 0.375. The summed E-state index contributed by atoms with van der Waals surface area (Å²) in [5, 5.41) is 0. The third kappa shape index (κ3) is 3.13. The van der Waals surface area contributed by atoms with Gasteiger partial charge in [-0.05, 0) is 24.6 Å². The number of nitrogen functional groups attached to an aromatic ring is 1. The van der Waals surface area contributed by atoms with Crippen LogP contribution in [0, 0.1) is 0 Å². The molecule has 0 atom stereocenters. The van der Waals surface area contributed by atoms with E-state index in [4.69, 9.17) is 15.5 Å². The fourth-order valence-corrected chi connectivity index (χ4v) is 2.45. The second-order valence-corrected chi connectivity index (χ2v) is 5.28. The average molecular weight is 284 g/mol. The minimum absolute atomic E-state index is 0.731. The number of anilines is 1. The fourth-order valence-electron chi connectivity index (χ4n) is 2.45. The first-order chi connectivity index (χ1) is 10.2. The summed E-state index contributed by atoms with van der Waals surface area (Å²) < 4.78 is 5.39. The van der Waals surface area contributed by atoms with Crippen molar-refractivity contribution < 1.29 is 4.74 Å². The van der Waals surface area contributed by atoms with Gasteiger partial charge in [0.2, 0.25) is 5.96 Å². The van der Waals surface area contributed by atoms with E-state index in [1.54, 1.807) is 0 Å².